The van der Waals surface area contributed by atoms with E-state index in [1.807, 2.05) is 0 Å². The van der Waals surface area contributed by atoms with E-state index in [1.165, 1.54) is 302 Å². The summed E-state index contributed by atoms with van der Waals surface area (Å²) in [5, 5.41) is 10.7. The largest absolute Gasteiger partial charge is 0.472 e. The van der Waals surface area contributed by atoms with Crippen LogP contribution in [0.3, 0.4) is 0 Å². The average molecular weight is 1560 g/mol. The highest BCUT2D eigenvalue weighted by molar-refractivity contribution is 7.47. The first-order valence-electron chi connectivity index (χ1n) is 45.6. The third kappa shape index (κ3) is 81.9. The molecule has 0 saturated heterocycles. The number of unbranched alkanes of at least 4 members (excludes halogenated alkanes) is 60. The Balaban J connectivity index is 5.24. The zero-order chi connectivity index (χ0) is 78.3. The molecule has 5 atom stereocenters. The van der Waals surface area contributed by atoms with Crippen molar-refractivity contribution in [2.75, 3.05) is 39.6 Å². The van der Waals surface area contributed by atoms with Crippen molar-refractivity contribution in [1.29, 1.82) is 0 Å². The van der Waals surface area contributed by atoms with Crippen LogP contribution < -0.4 is 0 Å². The molecule has 0 rings (SSSR count). The van der Waals surface area contributed by atoms with Crippen molar-refractivity contribution in [2.45, 2.75) is 496 Å². The zero-order valence-corrected chi connectivity index (χ0v) is 72.1. The molecule has 0 aromatic carbocycles. The summed E-state index contributed by atoms with van der Waals surface area (Å²) in [6.45, 7) is 7.36. The maximum absolute atomic E-state index is 13.2. The molecule has 19 heteroatoms. The molecule has 2 unspecified atom stereocenters. The lowest BCUT2D eigenvalue weighted by molar-refractivity contribution is -0.161. The fraction of sp³-hybridized carbons (Fsp3) is 0.955. The summed E-state index contributed by atoms with van der Waals surface area (Å²) in [7, 11) is -9.93. The molecule has 0 aromatic rings. The molecule has 3 N–H and O–H groups in total. The first kappa shape index (κ1) is 105. The monoisotopic (exact) mass is 1560 g/mol. The number of rotatable bonds is 88. The van der Waals surface area contributed by atoms with Gasteiger partial charge in [-0.2, -0.15) is 0 Å². The van der Waals surface area contributed by atoms with Crippen molar-refractivity contribution < 1.29 is 80.2 Å². The molecular formula is C88H172O17P2. The van der Waals surface area contributed by atoms with Crippen LogP contribution in [-0.2, 0) is 65.4 Å². The first-order chi connectivity index (χ1) is 52.0. The molecule has 0 aliphatic heterocycles. The Morgan fingerprint density at radius 1 is 0.252 bits per heavy atom. The molecule has 0 heterocycles. The van der Waals surface area contributed by atoms with E-state index in [1.54, 1.807) is 0 Å². The normalized spacial score (nSPS) is 13.7. The molecule has 0 radical (unpaired) electrons. The Hall–Kier alpha value is -1.94. The Bertz CT molecular complexity index is 2030. The molecule has 0 aliphatic rings. The quantitative estimate of drug-likeness (QED) is 0.0222. The van der Waals surface area contributed by atoms with Gasteiger partial charge < -0.3 is 33.8 Å². The number of hydrogen-bond acceptors (Lipinski definition) is 15. The van der Waals surface area contributed by atoms with Gasteiger partial charge in [0.1, 0.15) is 19.3 Å². The van der Waals surface area contributed by atoms with Crippen LogP contribution in [0.2, 0.25) is 0 Å². The summed E-state index contributed by atoms with van der Waals surface area (Å²) >= 11 is 0. The number of aliphatic hydroxyl groups excluding tert-OH is 1. The number of carbonyl (C=O) groups excluding carboxylic acids is 4. The predicted molar refractivity (Wildman–Crippen MR) is 442 cm³/mol. The van der Waals surface area contributed by atoms with Gasteiger partial charge in [-0.15, -0.1) is 0 Å². The molecule has 107 heavy (non-hydrogen) atoms. The van der Waals surface area contributed by atoms with E-state index in [2.05, 4.69) is 34.6 Å². The number of phosphoric ester groups is 2. The highest BCUT2D eigenvalue weighted by Gasteiger charge is 2.30. The third-order valence-corrected chi connectivity index (χ3v) is 22.7. The highest BCUT2D eigenvalue weighted by Crippen LogP contribution is 2.45. The number of hydrogen-bond donors (Lipinski definition) is 3. The van der Waals surface area contributed by atoms with Crippen LogP contribution in [-0.4, -0.2) is 96.7 Å². The standard InChI is InChI=1S/C88H172O17P2/c1-6-9-12-15-18-21-24-27-30-33-34-35-36-37-39-42-45-48-53-59-64-69-74-87(92)104-83(77-98-85(90)71-66-61-56-51-46-43-41-38-31-28-25-22-19-16-13-10-7-2)79-102-106(94,95)100-75-82(89)76-101-107(96,97)103-80-84(78-99-86(91)72-67-62-57-54-49-50-55-60-65-70-81(4)5)105-88(93)73-68-63-58-52-47-44-40-32-29-26-23-20-17-14-11-8-3/h81-84,89H,6-80H2,1-5H3,(H,94,95)(H,96,97)/t82-,83-,84-/m1/s1. The first-order valence-corrected chi connectivity index (χ1v) is 48.6. The lowest BCUT2D eigenvalue weighted by Gasteiger charge is -2.21. The number of carbonyl (C=O) groups is 4. The van der Waals surface area contributed by atoms with Crippen LogP contribution in [0.25, 0.3) is 0 Å². The van der Waals surface area contributed by atoms with Gasteiger partial charge in [0, 0.05) is 25.7 Å². The van der Waals surface area contributed by atoms with Gasteiger partial charge in [-0.25, -0.2) is 9.13 Å². The third-order valence-electron chi connectivity index (χ3n) is 20.8. The summed E-state index contributed by atoms with van der Waals surface area (Å²) < 4.78 is 69.0. The van der Waals surface area contributed by atoms with E-state index in [0.717, 1.165) is 95.8 Å². The van der Waals surface area contributed by atoms with Gasteiger partial charge in [0.2, 0.25) is 0 Å². The van der Waals surface area contributed by atoms with Gasteiger partial charge in [0.05, 0.1) is 26.4 Å². The van der Waals surface area contributed by atoms with Crippen molar-refractivity contribution >= 4 is 39.5 Å². The lowest BCUT2D eigenvalue weighted by atomic mass is 10.0. The number of phosphoric acid groups is 2. The number of ether oxygens (including phenoxy) is 4. The fourth-order valence-electron chi connectivity index (χ4n) is 13.8. The summed E-state index contributed by atoms with van der Waals surface area (Å²) in [5.41, 5.74) is 0. The van der Waals surface area contributed by atoms with E-state index in [4.69, 9.17) is 37.0 Å². The number of aliphatic hydroxyl groups is 1. The van der Waals surface area contributed by atoms with Crippen LogP contribution in [0.15, 0.2) is 0 Å². The summed E-state index contributed by atoms with van der Waals surface area (Å²) in [5.74, 6) is -1.35. The zero-order valence-electron chi connectivity index (χ0n) is 70.3. The lowest BCUT2D eigenvalue weighted by Crippen LogP contribution is -2.30. The Morgan fingerprint density at radius 2 is 0.430 bits per heavy atom. The van der Waals surface area contributed by atoms with Gasteiger partial charge in [-0.05, 0) is 31.6 Å². The maximum Gasteiger partial charge on any atom is 0.472 e. The summed E-state index contributed by atoms with van der Waals surface area (Å²) in [4.78, 5) is 73.3. The fourth-order valence-corrected chi connectivity index (χ4v) is 15.4. The topological polar surface area (TPSA) is 237 Å². The van der Waals surface area contributed by atoms with E-state index in [0.29, 0.717) is 25.7 Å². The van der Waals surface area contributed by atoms with E-state index < -0.39 is 97.5 Å². The maximum atomic E-state index is 13.2. The Morgan fingerprint density at radius 3 is 0.636 bits per heavy atom. The van der Waals surface area contributed by atoms with Crippen molar-refractivity contribution in [3.8, 4) is 0 Å². The summed E-state index contributed by atoms with van der Waals surface area (Å²) in [6.07, 6.45) is 75.1. The van der Waals surface area contributed by atoms with E-state index in [9.17, 15) is 43.2 Å². The molecule has 0 aromatic heterocycles. The van der Waals surface area contributed by atoms with Gasteiger partial charge in [-0.3, -0.25) is 37.3 Å². The average Bonchev–Trinajstić information content (AvgIpc) is 0.900. The minimum Gasteiger partial charge on any atom is -0.462 e. The second-order valence-electron chi connectivity index (χ2n) is 32.1. The van der Waals surface area contributed by atoms with E-state index in [-0.39, 0.29) is 25.7 Å². The minimum atomic E-state index is -4.97. The molecule has 0 saturated carbocycles. The van der Waals surface area contributed by atoms with Gasteiger partial charge in [0.25, 0.3) is 0 Å². The molecule has 0 aliphatic carbocycles. The van der Waals surface area contributed by atoms with Gasteiger partial charge in [0.15, 0.2) is 12.2 Å². The molecule has 0 fully saturated rings. The highest BCUT2D eigenvalue weighted by atomic mass is 31.2. The van der Waals surface area contributed by atoms with Crippen LogP contribution in [0.4, 0.5) is 0 Å². The SMILES string of the molecule is CCCCCCCCCCCCCCCCCCCCCCCCC(=O)O[C@H](COC(=O)CCCCCCCCCCCCCCCCCCC)COP(=O)(O)OC[C@@H](O)COP(=O)(O)OC[C@@H](COC(=O)CCCCCCCCCCCC(C)C)OC(=O)CCCCCCCCCCCCCCCCCC. The molecule has 0 amide bonds. The van der Waals surface area contributed by atoms with Crippen molar-refractivity contribution in [3.05, 3.63) is 0 Å². The minimum absolute atomic E-state index is 0.108. The van der Waals surface area contributed by atoms with Crippen LogP contribution >= 0.6 is 15.6 Å². The predicted octanol–water partition coefficient (Wildman–Crippen LogP) is 27.2. The molecule has 636 valence electrons. The summed E-state index contributed by atoms with van der Waals surface area (Å²) in [6, 6.07) is 0. The number of esters is 4. The van der Waals surface area contributed by atoms with Gasteiger partial charge >= 0.3 is 39.5 Å². The van der Waals surface area contributed by atoms with Crippen molar-refractivity contribution in [3.63, 3.8) is 0 Å². The van der Waals surface area contributed by atoms with Crippen LogP contribution in [0.5, 0.6) is 0 Å². The van der Waals surface area contributed by atoms with E-state index >= 15 is 0 Å². The molecular weight excluding hydrogens is 1390 g/mol. The second kappa shape index (κ2) is 80.7. The smallest absolute Gasteiger partial charge is 0.462 e. The Labute approximate surface area is 658 Å². The Kier molecular flexibility index (Phi) is 79.2. The van der Waals surface area contributed by atoms with Crippen LogP contribution in [0, 0.1) is 5.92 Å². The molecule has 0 spiro atoms. The van der Waals surface area contributed by atoms with Crippen molar-refractivity contribution in [2.24, 2.45) is 5.92 Å². The second-order valence-corrected chi connectivity index (χ2v) is 35.0. The molecule has 0 bridgehead atoms. The van der Waals surface area contributed by atoms with Crippen molar-refractivity contribution in [1.82, 2.24) is 0 Å². The van der Waals surface area contributed by atoms with Gasteiger partial charge in [-0.1, -0.05) is 426 Å². The molecule has 17 nitrogen and oxygen atoms in total. The van der Waals surface area contributed by atoms with Crippen LogP contribution in [0.1, 0.15) is 478 Å².